The third kappa shape index (κ3) is 9.43. The summed E-state index contributed by atoms with van der Waals surface area (Å²) in [6.45, 7) is -1.63. The molecule has 0 aliphatic heterocycles. The van der Waals surface area contributed by atoms with Gasteiger partial charge < -0.3 is 31.1 Å². The van der Waals surface area contributed by atoms with Crippen molar-refractivity contribution in [2.75, 3.05) is 22.6 Å². The van der Waals surface area contributed by atoms with Crippen LogP contribution in [0.15, 0.2) is 60.8 Å². The van der Waals surface area contributed by atoms with Crippen LogP contribution in [0.1, 0.15) is 41.6 Å². The van der Waals surface area contributed by atoms with E-state index in [2.05, 4.69) is 41.3 Å². The number of hydrogen-bond acceptors (Lipinski definition) is 11. The number of carbonyl (C=O) groups is 4. The van der Waals surface area contributed by atoms with Crippen molar-refractivity contribution < 1.29 is 42.2 Å². The van der Waals surface area contributed by atoms with Crippen LogP contribution in [0, 0.1) is 0 Å². The summed E-state index contributed by atoms with van der Waals surface area (Å²) in [4.78, 5) is 61.4. The lowest BCUT2D eigenvalue weighted by molar-refractivity contribution is -0.154. The molecule has 1 aliphatic carbocycles. The summed E-state index contributed by atoms with van der Waals surface area (Å²) >= 11 is 6.01. The van der Waals surface area contributed by atoms with E-state index in [1.165, 1.54) is 41.2 Å². The van der Waals surface area contributed by atoms with Crippen molar-refractivity contribution in [2.45, 2.75) is 43.4 Å². The van der Waals surface area contributed by atoms with Crippen LogP contribution >= 0.6 is 11.6 Å². The van der Waals surface area contributed by atoms with Crippen LogP contribution in [0.25, 0.3) is 0 Å². The predicted molar refractivity (Wildman–Crippen MR) is 172 cm³/mol. The summed E-state index contributed by atoms with van der Waals surface area (Å²) in [5.74, 6) is -3.97. The van der Waals surface area contributed by atoms with Gasteiger partial charge in [-0.1, -0.05) is 23.7 Å². The Labute approximate surface area is 286 Å². The van der Waals surface area contributed by atoms with Crippen molar-refractivity contribution in [3.05, 3.63) is 76.9 Å². The van der Waals surface area contributed by atoms with Crippen LogP contribution in [0.5, 0.6) is 6.01 Å². The Morgan fingerprint density at radius 2 is 1.68 bits per heavy atom. The molecule has 262 valence electrons. The molecule has 1 atom stereocenters. The summed E-state index contributed by atoms with van der Waals surface area (Å²) in [7, 11) is 1.56. The summed E-state index contributed by atoms with van der Waals surface area (Å²) < 4.78 is 44.8. The lowest BCUT2D eigenvalue weighted by Gasteiger charge is -2.19. The standard InChI is InChI=1S/C31H29ClF3N9O6/c1-44-23(12-15-36-44)39-25(47)22(45)11-10-21(26(48)49)38-24(46)17-2-8-20(9-3-17)37-27-40-28(42-29(41-27)50-16-31(33,34)35)43-30(13-14-30)18-4-6-19(32)7-5-18/h2-9,12,15,21H,10-11,13-14,16H2,1H3,(H,38,46)(H,39,47)(H,48,49)(H2,37,40,41,42,43)/t21-/m0/s1. The fourth-order valence-electron chi connectivity index (χ4n) is 4.68. The number of hydrogen-bond donors (Lipinski definition) is 5. The van der Waals surface area contributed by atoms with Crippen molar-refractivity contribution in [1.29, 1.82) is 0 Å². The second-order valence-electron chi connectivity index (χ2n) is 11.2. The number of ketones is 1. The minimum Gasteiger partial charge on any atom is -0.480 e. The Morgan fingerprint density at radius 1 is 1.00 bits per heavy atom. The Hall–Kier alpha value is -5.78. The summed E-state index contributed by atoms with van der Waals surface area (Å²) in [5.41, 5.74) is 0.686. The molecule has 4 aromatic rings. The highest BCUT2D eigenvalue weighted by Gasteiger charge is 2.45. The van der Waals surface area contributed by atoms with Crippen LogP contribution in [0.4, 0.5) is 36.6 Å². The van der Waals surface area contributed by atoms with Gasteiger partial charge in [-0.25, -0.2) is 4.79 Å². The largest absolute Gasteiger partial charge is 0.480 e. The maximum Gasteiger partial charge on any atom is 0.422 e. The first kappa shape index (κ1) is 35.5. The van der Waals surface area contributed by atoms with E-state index in [0.29, 0.717) is 23.6 Å². The first-order valence-corrected chi connectivity index (χ1v) is 15.3. The number of aliphatic carboxylic acids is 1. The molecule has 0 unspecified atom stereocenters. The molecule has 0 spiro atoms. The van der Waals surface area contributed by atoms with Gasteiger partial charge in [-0.15, -0.1) is 0 Å². The minimum atomic E-state index is -4.64. The SMILES string of the molecule is Cn1nccc1NC(=O)C(=O)CC[C@H](NC(=O)c1ccc(Nc2nc(NC3(c4ccc(Cl)cc4)CC3)nc(OCC(F)(F)F)n2)cc1)C(=O)O. The van der Waals surface area contributed by atoms with Gasteiger partial charge in [0.25, 0.3) is 11.8 Å². The van der Waals surface area contributed by atoms with Gasteiger partial charge in [-0.05, 0) is 61.2 Å². The number of aryl methyl sites for hydroxylation is 1. The maximum atomic E-state index is 12.9. The van der Waals surface area contributed by atoms with Crippen molar-refractivity contribution in [3.63, 3.8) is 0 Å². The summed E-state index contributed by atoms with van der Waals surface area (Å²) in [5, 5.41) is 24.7. The zero-order valence-electron chi connectivity index (χ0n) is 26.1. The van der Waals surface area contributed by atoms with Crippen molar-refractivity contribution in [2.24, 2.45) is 7.05 Å². The van der Waals surface area contributed by atoms with Crippen LogP contribution in [-0.2, 0) is 27.0 Å². The molecule has 2 heterocycles. The molecule has 0 radical (unpaired) electrons. The fourth-order valence-corrected chi connectivity index (χ4v) is 4.80. The van der Waals surface area contributed by atoms with E-state index in [-0.39, 0.29) is 29.7 Å². The molecule has 1 fully saturated rings. The molecule has 15 nitrogen and oxygen atoms in total. The average Bonchev–Trinajstić information content (AvgIpc) is 3.73. The Balaban J connectivity index is 1.23. The first-order valence-electron chi connectivity index (χ1n) is 14.9. The lowest BCUT2D eigenvalue weighted by atomic mass is 10.1. The second-order valence-corrected chi connectivity index (χ2v) is 11.6. The lowest BCUT2D eigenvalue weighted by Crippen LogP contribution is -2.41. The predicted octanol–water partition coefficient (Wildman–Crippen LogP) is 4.22. The monoisotopic (exact) mass is 715 g/mol. The molecule has 1 aliphatic rings. The quantitative estimate of drug-likeness (QED) is 0.110. The number of carboxylic acids is 1. The summed E-state index contributed by atoms with van der Waals surface area (Å²) in [6, 6.07) is 12.1. The highest BCUT2D eigenvalue weighted by molar-refractivity contribution is 6.40. The average molecular weight is 716 g/mol. The highest BCUT2D eigenvalue weighted by atomic mass is 35.5. The molecule has 2 aromatic heterocycles. The van der Waals surface area contributed by atoms with Gasteiger partial charge in [0.1, 0.15) is 11.9 Å². The van der Waals surface area contributed by atoms with E-state index in [9.17, 15) is 37.5 Å². The molecular formula is C31H29ClF3N9O6. The van der Waals surface area contributed by atoms with Crippen LogP contribution in [0.3, 0.4) is 0 Å². The molecule has 1 saturated carbocycles. The van der Waals surface area contributed by atoms with Crippen LogP contribution in [0.2, 0.25) is 5.02 Å². The Morgan fingerprint density at radius 3 is 2.28 bits per heavy atom. The molecule has 19 heteroatoms. The smallest absolute Gasteiger partial charge is 0.422 e. The van der Waals surface area contributed by atoms with Crippen molar-refractivity contribution in [1.82, 2.24) is 30.0 Å². The third-order valence-electron chi connectivity index (χ3n) is 7.46. The molecule has 5 N–H and O–H groups in total. The van der Waals surface area contributed by atoms with Crippen LogP contribution < -0.4 is 26.0 Å². The fraction of sp³-hybridized carbons (Fsp3) is 0.290. The topological polar surface area (TPSA) is 202 Å². The number of alkyl halides is 3. The number of Topliss-reactive ketones (excluding diaryl/α,β-unsaturated/α-hetero) is 1. The number of rotatable bonds is 15. The molecular weight excluding hydrogens is 687 g/mol. The van der Waals surface area contributed by atoms with E-state index >= 15 is 0 Å². The third-order valence-corrected chi connectivity index (χ3v) is 7.71. The van der Waals surface area contributed by atoms with E-state index in [0.717, 1.165) is 5.56 Å². The maximum absolute atomic E-state index is 12.9. The number of anilines is 4. The number of benzene rings is 2. The van der Waals surface area contributed by atoms with Gasteiger partial charge in [-0.3, -0.25) is 19.1 Å². The van der Waals surface area contributed by atoms with Gasteiger partial charge in [0.2, 0.25) is 17.7 Å². The first-order chi connectivity index (χ1) is 23.7. The molecule has 0 bridgehead atoms. The van der Waals surface area contributed by atoms with E-state index in [1.807, 2.05) is 12.1 Å². The van der Waals surface area contributed by atoms with Gasteiger partial charge >= 0.3 is 18.2 Å². The number of aromatic nitrogens is 5. The van der Waals surface area contributed by atoms with E-state index in [4.69, 9.17) is 16.3 Å². The second kappa shape index (κ2) is 14.8. The number of nitrogens with zero attached hydrogens (tertiary/aromatic N) is 5. The Bertz CT molecular complexity index is 1880. The number of amides is 2. The van der Waals surface area contributed by atoms with Crippen molar-refractivity contribution >= 4 is 58.6 Å². The zero-order valence-corrected chi connectivity index (χ0v) is 26.9. The minimum absolute atomic E-state index is 0.0456. The number of ether oxygens (including phenoxy) is 1. The van der Waals surface area contributed by atoms with E-state index < -0.39 is 60.4 Å². The highest BCUT2D eigenvalue weighted by Crippen LogP contribution is 2.48. The van der Waals surface area contributed by atoms with Gasteiger partial charge in [-0.2, -0.15) is 33.2 Å². The number of halogens is 4. The van der Waals surface area contributed by atoms with Gasteiger partial charge in [0, 0.05) is 35.8 Å². The number of nitrogens with one attached hydrogen (secondary N) is 4. The Kier molecular flexibility index (Phi) is 10.5. The van der Waals surface area contributed by atoms with Gasteiger partial charge in [0.05, 0.1) is 11.7 Å². The number of carboxylic acid groups (broad SMARTS) is 1. The molecule has 50 heavy (non-hydrogen) atoms. The van der Waals surface area contributed by atoms with Crippen LogP contribution in [-0.4, -0.2) is 72.2 Å². The number of carbonyl (C=O) groups excluding carboxylic acids is 3. The molecule has 5 rings (SSSR count). The zero-order chi connectivity index (χ0) is 36.1. The summed E-state index contributed by atoms with van der Waals surface area (Å²) in [6.07, 6.45) is -2.64. The van der Waals surface area contributed by atoms with E-state index in [1.54, 1.807) is 19.2 Å². The van der Waals surface area contributed by atoms with Gasteiger partial charge in [0.15, 0.2) is 6.61 Å². The normalized spacial score (nSPS) is 13.9. The van der Waals surface area contributed by atoms with Crippen molar-refractivity contribution in [3.8, 4) is 6.01 Å². The molecule has 2 aromatic carbocycles. The molecule has 2 amide bonds. The molecule has 0 saturated heterocycles.